The summed E-state index contributed by atoms with van der Waals surface area (Å²) in [5, 5.41) is 54.0. The van der Waals surface area contributed by atoms with Crippen LogP contribution in [0.3, 0.4) is 0 Å². The second kappa shape index (κ2) is 24.8. The molecule has 71 heavy (non-hydrogen) atoms. The van der Waals surface area contributed by atoms with Crippen LogP contribution in [0.4, 0.5) is 0 Å². The molecule has 21 nitrogen and oxygen atoms in total. The third-order valence-electron chi connectivity index (χ3n) is 12.4. The Hall–Kier alpha value is -7.55. The molecule has 2 heterocycles. The molecule has 9 atom stereocenters. The Morgan fingerprint density at radius 3 is 1.90 bits per heavy atom. The van der Waals surface area contributed by atoms with Gasteiger partial charge in [0.1, 0.15) is 66.1 Å². The lowest BCUT2D eigenvalue weighted by Crippen LogP contribution is -2.65. The minimum absolute atomic E-state index is 0.0641. The standard InChI is InChI=1S/C50H63N7O14/c1-6-10-39(60)51-36(26-41(62)63)45(65)55-43-28(4)71-50(70)42(27(2)3)54-46(66)37(24-31-15-19-33(59)20-16-31)56(5)49(69)38(25-29-11-8-7-9-12-29)57-40(61)22-21-34(48(57)68)52-44(64)35(53-47(43)67)23-30-13-17-32(58)18-14-30/h7-9,11-20,27-28,34-38,40,42-43,58-59,61H,6,10,21-26H2,1-5H3,(H,51,60)(H,52,64)(H,53,67)(H,54,66)(H,55,65)(H,62,63)/t28-,34+,35+,36-,37+,38-,40+,42-,43-/m1/s1. The number of phenolic OH excluding ortho intramolecular Hbond substituents is 2. The van der Waals surface area contributed by atoms with Crippen molar-refractivity contribution >= 4 is 53.3 Å². The smallest absolute Gasteiger partial charge is 0.329 e. The van der Waals surface area contributed by atoms with Crippen LogP contribution >= 0.6 is 0 Å². The first kappa shape index (κ1) is 54.4. The summed E-state index contributed by atoms with van der Waals surface area (Å²) in [6.07, 6.45) is -4.65. The van der Waals surface area contributed by atoms with E-state index in [9.17, 15) is 58.8 Å². The van der Waals surface area contributed by atoms with Crippen molar-refractivity contribution in [3.63, 3.8) is 0 Å². The van der Waals surface area contributed by atoms with Gasteiger partial charge in [0, 0.05) is 32.7 Å². The highest BCUT2D eigenvalue weighted by Gasteiger charge is 2.46. The summed E-state index contributed by atoms with van der Waals surface area (Å²) in [6.45, 7) is 6.08. The summed E-state index contributed by atoms with van der Waals surface area (Å²) in [6, 6.07) is 9.10. The first-order chi connectivity index (χ1) is 33.7. The molecule has 2 fully saturated rings. The molecule has 2 aliphatic heterocycles. The van der Waals surface area contributed by atoms with Crippen molar-refractivity contribution in [3.05, 3.63) is 95.6 Å². The van der Waals surface area contributed by atoms with Gasteiger partial charge < -0.3 is 61.5 Å². The number of aromatic hydroxyl groups is 2. The average molecular weight is 986 g/mol. The van der Waals surface area contributed by atoms with Crippen LogP contribution in [-0.2, 0) is 67.2 Å². The number of esters is 1. The SMILES string of the molecule is CCCC(=O)N[C@H](CC(=O)O)C(=O)N[C@H]1C(=O)N[C@@H](Cc2ccc(O)cc2)C(=O)N[C@H]2CC[C@H](O)N(C2=O)[C@H](Cc2ccccc2)C(=O)N(C)[C@@H](Cc2ccc(O)cc2)C(=O)N[C@H](C(C)C)C(=O)O[C@@H]1C. The fraction of sp³-hybridized carbons (Fsp3) is 0.460. The van der Waals surface area contributed by atoms with E-state index in [0.717, 1.165) is 9.80 Å². The lowest BCUT2D eigenvalue weighted by atomic mass is 9.95. The van der Waals surface area contributed by atoms with Gasteiger partial charge in [-0.1, -0.05) is 75.4 Å². The summed E-state index contributed by atoms with van der Waals surface area (Å²) in [4.78, 5) is 128. The fourth-order valence-electron chi connectivity index (χ4n) is 8.40. The van der Waals surface area contributed by atoms with Crippen LogP contribution in [0.25, 0.3) is 0 Å². The number of amides is 7. The third-order valence-corrected chi connectivity index (χ3v) is 12.4. The fourth-order valence-corrected chi connectivity index (χ4v) is 8.40. The number of aliphatic hydroxyl groups is 1. The maximum absolute atomic E-state index is 15.1. The van der Waals surface area contributed by atoms with Crippen molar-refractivity contribution in [2.75, 3.05) is 7.05 Å². The van der Waals surface area contributed by atoms with Crippen LogP contribution in [0.2, 0.25) is 0 Å². The number of aliphatic carboxylic acids is 1. The van der Waals surface area contributed by atoms with E-state index < -0.39 is 120 Å². The molecule has 2 bridgehead atoms. The number of aliphatic hydroxyl groups excluding tert-OH is 1. The van der Waals surface area contributed by atoms with Crippen molar-refractivity contribution < 1.29 is 68.3 Å². The largest absolute Gasteiger partial charge is 0.508 e. The van der Waals surface area contributed by atoms with Crippen molar-refractivity contribution in [2.24, 2.45) is 5.92 Å². The maximum atomic E-state index is 15.1. The van der Waals surface area contributed by atoms with E-state index in [1.807, 2.05) is 0 Å². The van der Waals surface area contributed by atoms with Crippen molar-refractivity contribution in [1.29, 1.82) is 0 Å². The molecule has 7 amide bonds. The van der Waals surface area contributed by atoms with Gasteiger partial charge in [-0.15, -0.1) is 0 Å². The van der Waals surface area contributed by atoms with E-state index in [2.05, 4.69) is 26.6 Å². The number of piperidine rings is 1. The van der Waals surface area contributed by atoms with Gasteiger partial charge in [-0.25, -0.2) is 4.79 Å². The number of cyclic esters (lactones) is 1. The van der Waals surface area contributed by atoms with Gasteiger partial charge in [-0.2, -0.15) is 0 Å². The number of fused-ring (bicyclic) bond motifs is 2. The zero-order valence-corrected chi connectivity index (χ0v) is 40.2. The Bertz CT molecular complexity index is 2400. The lowest BCUT2D eigenvalue weighted by Gasteiger charge is -2.43. The normalized spacial score (nSPS) is 24.3. The van der Waals surface area contributed by atoms with Gasteiger partial charge in [-0.05, 0) is 73.1 Å². The molecule has 2 saturated heterocycles. The number of carbonyl (C=O) groups is 9. The molecule has 0 spiro atoms. The number of ether oxygens (including phenoxy) is 1. The third kappa shape index (κ3) is 14.7. The zero-order chi connectivity index (χ0) is 52.1. The first-order valence-electron chi connectivity index (χ1n) is 23.5. The number of nitrogens with zero attached hydrogens (tertiary/aromatic N) is 2. The van der Waals surface area contributed by atoms with Gasteiger partial charge in [0.05, 0.1) is 6.42 Å². The summed E-state index contributed by atoms with van der Waals surface area (Å²) >= 11 is 0. The van der Waals surface area contributed by atoms with Crippen molar-refractivity contribution in [3.8, 4) is 11.5 Å². The van der Waals surface area contributed by atoms with Gasteiger partial charge in [0.15, 0.2) is 0 Å². The molecular weight excluding hydrogens is 923 g/mol. The van der Waals surface area contributed by atoms with E-state index >= 15 is 4.79 Å². The minimum atomic E-state index is -1.90. The Kier molecular flexibility index (Phi) is 19.0. The van der Waals surface area contributed by atoms with Crippen LogP contribution in [0, 0.1) is 5.92 Å². The number of hydrogen-bond acceptors (Lipinski definition) is 13. The molecule has 5 rings (SSSR count). The molecule has 0 radical (unpaired) electrons. The quantitative estimate of drug-likeness (QED) is 0.0998. The minimum Gasteiger partial charge on any atom is -0.508 e. The molecule has 3 aromatic carbocycles. The van der Waals surface area contributed by atoms with E-state index in [4.69, 9.17) is 4.74 Å². The van der Waals surface area contributed by atoms with E-state index in [1.54, 1.807) is 51.1 Å². The highest BCUT2D eigenvalue weighted by Crippen LogP contribution is 2.26. The number of carboxylic acids is 1. The Morgan fingerprint density at radius 1 is 0.746 bits per heavy atom. The summed E-state index contributed by atoms with van der Waals surface area (Å²) < 4.78 is 5.83. The molecule has 0 aliphatic carbocycles. The number of rotatable bonds is 14. The monoisotopic (exact) mass is 985 g/mol. The highest BCUT2D eigenvalue weighted by atomic mass is 16.5. The molecule has 382 valence electrons. The summed E-state index contributed by atoms with van der Waals surface area (Å²) in [5.41, 5.74) is 1.46. The molecule has 3 aromatic rings. The molecule has 0 unspecified atom stereocenters. The zero-order valence-electron chi connectivity index (χ0n) is 40.2. The first-order valence-corrected chi connectivity index (χ1v) is 23.5. The van der Waals surface area contributed by atoms with E-state index in [1.165, 1.54) is 62.5 Å². The summed E-state index contributed by atoms with van der Waals surface area (Å²) in [7, 11) is 1.33. The predicted octanol–water partition coefficient (Wildman–Crippen LogP) is 0.562. The van der Waals surface area contributed by atoms with Crippen LogP contribution in [0.1, 0.15) is 76.5 Å². The van der Waals surface area contributed by atoms with E-state index in [-0.39, 0.29) is 50.0 Å². The van der Waals surface area contributed by atoms with Crippen LogP contribution in [-0.4, -0.2) is 145 Å². The number of nitrogens with one attached hydrogen (secondary N) is 5. The number of carboxylic acid groups (broad SMARTS) is 1. The highest BCUT2D eigenvalue weighted by molar-refractivity contribution is 5.99. The lowest BCUT2D eigenvalue weighted by molar-refractivity contribution is -0.165. The average Bonchev–Trinajstić information content (AvgIpc) is 3.32. The maximum Gasteiger partial charge on any atom is 0.329 e. The van der Waals surface area contributed by atoms with Gasteiger partial charge in [0.2, 0.25) is 41.4 Å². The molecule has 2 aliphatic rings. The van der Waals surface area contributed by atoms with Gasteiger partial charge >= 0.3 is 11.9 Å². The molecule has 9 N–H and O–H groups in total. The second-order valence-corrected chi connectivity index (χ2v) is 18.2. The number of likely N-dealkylation sites (N-methyl/N-ethyl adjacent to an activating group) is 1. The van der Waals surface area contributed by atoms with Crippen LogP contribution in [0.5, 0.6) is 11.5 Å². The molecule has 0 saturated carbocycles. The summed E-state index contributed by atoms with van der Waals surface area (Å²) in [5.74, 6) is -9.87. The number of hydrogen-bond donors (Lipinski definition) is 9. The Morgan fingerprint density at radius 2 is 1.32 bits per heavy atom. The van der Waals surface area contributed by atoms with Gasteiger partial charge in [0.25, 0.3) is 0 Å². The Labute approximate surface area is 410 Å². The number of carbonyl (C=O) groups excluding carboxylic acids is 8. The Balaban J connectivity index is 1.65. The molecule has 0 aromatic heterocycles. The van der Waals surface area contributed by atoms with Gasteiger partial charge in [-0.3, -0.25) is 38.4 Å². The van der Waals surface area contributed by atoms with Crippen molar-refractivity contribution in [1.82, 2.24) is 36.4 Å². The van der Waals surface area contributed by atoms with Crippen LogP contribution < -0.4 is 26.6 Å². The van der Waals surface area contributed by atoms with Crippen LogP contribution in [0.15, 0.2) is 78.9 Å². The van der Waals surface area contributed by atoms with Crippen molar-refractivity contribution in [2.45, 2.75) is 134 Å². The van der Waals surface area contributed by atoms with E-state index in [0.29, 0.717) is 23.1 Å². The molecule has 21 heteroatoms. The number of benzene rings is 3. The predicted molar refractivity (Wildman–Crippen MR) is 253 cm³/mol. The molecular formula is C50H63N7O14. The number of phenols is 2. The topological polar surface area (TPSA) is 310 Å². The second-order valence-electron chi connectivity index (χ2n) is 18.2.